The largest absolute Gasteiger partial charge is 0.352 e. The second kappa shape index (κ2) is 6.23. The summed E-state index contributed by atoms with van der Waals surface area (Å²) in [6.45, 7) is 4.63. The molecule has 3 rings (SSSR count). The summed E-state index contributed by atoms with van der Waals surface area (Å²) in [4.78, 5) is 14.7. The number of nitrogens with zero attached hydrogens (tertiary/aromatic N) is 1. The molecular weight excluding hydrogens is 238 g/mol. The average Bonchev–Trinajstić information content (AvgIpc) is 3.26. The highest BCUT2D eigenvalue weighted by Gasteiger charge is 2.28. The normalized spacial score (nSPS) is 30.2. The molecule has 0 aromatic heterocycles. The molecule has 2 heterocycles. The Morgan fingerprint density at radius 2 is 1.89 bits per heavy atom. The van der Waals surface area contributed by atoms with Gasteiger partial charge >= 0.3 is 0 Å². The van der Waals surface area contributed by atoms with Crippen molar-refractivity contribution in [2.75, 3.05) is 26.2 Å². The quantitative estimate of drug-likeness (QED) is 0.800. The van der Waals surface area contributed by atoms with Crippen molar-refractivity contribution in [1.29, 1.82) is 0 Å². The number of carbonyl (C=O) groups is 1. The topological polar surface area (TPSA) is 44.4 Å². The Kier molecular flexibility index (Phi) is 4.38. The van der Waals surface area contributed by atoms with E-state index in [0.29, 0.717) is 6.04 Å². The second-order valence-electron chi connectivity index (χ2n) is 6.53. The predicted molar refractivity (Wildman–Crippen MR) is 76.0 cm³/mol. The van der Waals surface area contributed by atoms with Crippen LogP contribution in [0.4, 0.5) is 0 Å². The van der Waals surface area contributed by atoms with Gasteiger partial charge in [-0.25, -0.2) is 0 Å². The van der Waals surface area contributed by atoms with Crippen LogP contribution in [0.5, 0.6) is 0 Å². The van der Waals surface area contributed by atoms with E-state index in [4.69, 9.17) is 0 Å². The van der Waals surface area contributed by atoms with E-state index in [2.05, 4.69) is 15.5 Å². The van der Waals surface area contributed by atoms with Gasteiger partial charge in [-0.3, -0.25) is 4.79 Å². The molecule has 108 valence electrons. The first-order chi connectivity index (χ1) is 9.31. The lowest BCUT2D eigenvalue weighted by Crippen LogP contribution is -2.52. The van der Waals surface area contributed by atoms with Crippen molar-refractivity contribution < 1.29 is 4.79 Å². The van der Waals surface area contributed by atoms with Crippen LogP contribution >= 0.6 is 0 Å². The van der Waals surface area contributed by atoms with Gasteiger partial charge in [-0.15, -0.1) is 0 Å². The van der Waals surface area contributed by atoms with Gasteiger partial charge in [0.05, 0.1) is 6.04 Å². The number of likely N-dealkylation sites (tertiary alicyclic amines) is 1. The van der Waals surface area contributed by atoms with E-state index in [1.807, 2.05) is 0 Å². The van der Waals surface area contributed by atoms with Crippen molar-refractivity contribution in [3.63, 3.8) is 0 Å². The molecule has 3 aliphatic rings. The van der Waals surface area contributed by atoms with Gasteiger partial charge in [-0.05, 0) is 51.0 Å². The van der Waals surface area contributed by atoms with E-state index in [9.17, 15) is 4.79 Å². The predicted octanol–water partition coefficient (Wildman–Crippen LogP) is 1.12. The van der Waals surface area contributed by atoms with Crippen molar-refractivity contribution in [3.05, 3.63) is 0 Å². The minimum atomic E-state index is 0.0678. The summed E-state index contributed by atoms with van der Waals surface area (Å²) >= 11 is 0. The van der Waals surface area contributed by atoms with E-state index in [1.54, 1.807) is 0 Å². The Morgan fingerprint density at radius 1 is 1.11 bits per heavy atom. The zero-order valence-corrected chi connectivity index (χ0v) is 11.9. The third kappa shape index (κ3) is 3.93. The lowest BCUT2D eigenvalue weighted by molar-refractivity contribution is -0.124. The number of amides is 1. The van der Waals surface area contributed by atoms with Crippen molar-refractivity contribution in [1.82, 2.24) is 15.5 Å². The van der Waals surface area contributed by atoms with Gasteiger partial charge in [0.2, 0.25) is 5.91 Å². The van der Waals surface area contributed by atoms with Crippen LogP contribution in [0.15, 0.2) is 0 Å². The van der Waals surface area contributed by atoms with E-state index in [-0.39, 0.29) is 11.9 Å². The highest BCUT2D eigenvalue weighted by Crippen LogP contribution is 2.30. The minimum Gasteiger partial charge on any atom is -0.352 e. The Hall–Kier alpha value is -0.610. The minimum absolute atomic E-state index is 0.0678. The fourth-order valence-corrected chi connectivity index (χ4v) is 3.30. The first kappa shape index (κ1) is 13.4. The van der Waals surface area contributed by atoms with Gasteiger partial charge in [0.15, 0.2) is 0 Å². The molecular formula is C15H27N3O. The van der Waals surface area contributed by atoms with E-state index < -0.39 is 0 Å². The maximum absolute atomic E-state index is 12.1. The number of carbonyl (C=O) groups excluding carboxylic acids is 1. The van der Waals surface area contributed by atoms with Gasteiger partial charge in [-0.2, -0.15) is 0 Å². The Balaban J connectivity index is 1.37. The van der Waals surface area contributed by atoms with Gasteiger partial charge < -0.3 is 15.5 Å². The summed E-state index contributed by atoms with van der Waals surface area (Å²) in [5.41, 5.74) is 0. The van der Waals surface area contributed by atoms with Gasteiger partial charge in [0, 0.05) is 25.7 Å². The summed E-state index contributed by atoms with van der Waals surface area (Å²) in [5, 5.41) is 6.58. The van der Waals surface area contributed by atoms with Crippen LogP contribution in [0, 0.1) is 5.92 Å². The number of nitrogens with one attached hydrogen (secondary N) is 2. The summed E-state index contributed by atoms with van der Waals surface area (Å²) in [5.74, 6) is 1.22. The van der Waals surface area contributed by atoms with Crippen molar-refractivity contribution in [3.8, 4) is 0 Å². The smallest absolute Gasteiger partial charge is 0.237 e. The maximum Gasteiger partial charge on any atom is 0.237 e. The first-order valence-electron chi connectivity index (χ1n) is 8.07. The van der Waals surface area contributed by atoms with Crippen molar-refractivity contribution in [2.45, 2.75) is 57.0 Å². The molecule has 0 aromatic carbocycles. The molecule has 0 bridgehead atoms. The molecule has 4 nitrogen and oxygen atoms in total. The fourth-order valence-electron chi connectivity index (χ4n) is 3.30. The summed E-state index contributed by atoms with van der Waals surface area (Å²) in [6.07, 6.45) is 8.53. The van der Waals surface area contributed by atoms with Crippen molar-refractivity contribution in [2.24, 2.45) is 5.92 Å². The molecule has 0 aromatic rings. The van der Waals surface area contributed by atoms with Crippen molar-refractivity contribution >= 4 is 5.91 Å². The lowest BCUT2D eigenvalue weighted by atomic mass is 10.0. The molecule has 1 atom stereocenters. The Bertz CT molecular complexity index is 303. The Morgan fingerprint density at radius 3 is 2.53 bits per heavy atom. The lowest BCUT2D eigenvalue weighted by Gasteiger charge is -2.33. The summed E-state index contributed by atoms with van der Waals surface area (Å²) < 4.78 is 0. The summed E-state index contributed by atoms with van der Waals surface area (Å²) in [6, 6.07) is 0.477. The molecule has 0 spiro atoms. The average molecular weight is 265 g/mol. The highest BCUT2D eigenvalue weighted by molar-refractivity contribution is 5.82. The molecule has 0 unspecified atom stereocenters. The number of rotatable bonds is 4. The number of piperidine rings is 2. The third-order valence-electron chi connectivity index (χ3n) is 4.77. The molecule has 1 saturated carbocycles. The molecule has 2 aliphatic heterocycles. The zero-order valence-electron chi connectivity index (χ0n) is 11.9. The standard InChI is InChI=1S/C15H27N3O/c19-15(14-3-1-2-8-16-14)17-13-6-9-18(10-7-13)11-12-4-5-12/h12-14,16H,1-11H2,(H,17,19)/t14-/m1/s1. The molecule has 2 saturated heterocycles. The molecule has 0 radical (unpaired) electrons. The number of hydrogen-bond acceptors (Lipinski definition) is 3. The van der Waals surface area contributed by atoms with Crippen LogP contribution < -0.4 is 10.6 Å². The maximum atomic E-state index is 12.1. The van der Waals surface area contributed by atoms with Crippen LogP contribution in [0.1, 0.15) is 44.9 Å². The molecule has 2 N–H and O–H groups in total. The highest BCUT2D eigenvalue weighted by atomic mass is 16.2. The van der Waals surface area contributed by atoms with E-state index in [0.717, 1.165) is 31.7 Å². The second-order valence-corrected chi connectivity index (χ2v) is 6.53. The number of hydrogen-bond donors (Lipinski definition) is 2. The zero-order chi connectivity index (χ0) is 13.1. The van der Waals surface area contributed by atoms with Gasteiger partial charge in [0.1, 0.15) is 0 Å². The first-order valence-corrected chi connectivity index (χ1v) is 8.07. The Labute approximate surface area is 116 Å². The van der Waals surface area contributed by atoms with Crippen LogP contribution in [0.2, 0.25) is 0 Å². The summed E-state index contributed by atoms with van der Waals surface area (Å²) in [7, 11) is 0. The van der Waals surface area contributed by atoms with Crippen LogP contribution in [0.3, 0.4) is 0 Å². The van der Waals surface area contributed by atoms with E-state index in [1.165, 1.54) is 45.3 Å². The molecule has 3 fully saturated rings. The molecule has 1 aliphatic carbocycles. The van der Waals surface area contributed by atoms with Gasteiger partial charge in [-0.1, -0.05) is 6.42 Å². The van der Waals surface area contributed by atoms with Crippen LogP contribution in [-0.2, 0) is 4.79 Å². The monoisotopic (exact) mass is 265 g/mol. The van der Waals surface area contributed by atoms with E-state index >= 15 is 0 Å². The van der Waals surface area contributed by atoms with Crippen LogP contribution in [0.25, 0.3) is 0 Å². The molecule has 19 heavy (non-hydrogen) atoms. The SMILES string of the molecule is O=C(NC1CCN(CC2CC2)CC1)[C@H]1CCCCN1. The van der Waals surface area contributed by atoms with Gasteiger partial charge in [0.25, 0.3) is 0 Å². The fraction of sp³-hybridized carbons (Fsp3) is 0.933. The van der Waals surface area contributed by atoms with Crippen LogP contribution in [-0.4, -0.2) is 49.1 Å². The molecule has 4 heteroatoms. The third-order valence-corrected chi connectivity index (χ3v) is 4.77. The molecule has 1 amide bonds.